The summed E-state index contributed by atoms with van der Waals surface area (Å²) in [5.41, 5.74) is 2.19. The van der Waals surface area contributed by atoms with Gasteiger partial charge in [-0.2, -0.15) is 0 Å². The summed E-state index contributed by atoms with van der Waals surface area (Å²) in [6, 6.07) is 6.24. The van der Waals surface area contributed by atoms with Gasteiger partial charge in [0.05, 0.1) is 6.10 Å². The lowest BCUT2D eigenvalue weighted by molar-refractivity contribution is 0.198. The second-order valence-electron chi connectivity index (χ2n) is 5.03. The van der Waals surface area contributed by atoms with Crippen LogP contribution in [0.3, 0.4) is 0 Å². The molecule has 1 aromatic rings. The molecule has 4 heteroatoms. The molecule has 1 saturated heterocycles. The average Bonchev–Trinajstić information content (AvgIpc) is 2.53. The molecule has 0 unspecified atom stereocenters. The van der Waals surface area contributed by atoms with Gasteiger partial charge in [-0.3, -0.25) is 0 Å². The van der Waals surface area contributed by atoms with Crippen molar-refractivity contribution in [3.8, 4) is 0 Å². The molecular formula is C14H21BrN2O. The van der Waals surface area contributed by atoms with E-state index in [0.29, 0.717) is 0 Å². The summed E-state index contributed by atoms with van der Waals surface area (Å²) in [5, 5.41) is 9.64. The largest absolute Gasteiger partial charge is 0.389 e. The van der Waals surface area contributed by atoms with Gasteiger partial charge in [0.1, 0.15) is 0 Å². The molecule has 0 radical (unpaired) electrons. The summed E-state index contributed by atoms with van der Waals surface area (Å²) >= 11 is 3.55. The Morgan fingerprint density at radius 1 is 1.22 bits per heavy atom. The summed E-state index contributed by atoms with van der Waals surface area (Å²) in [6.45, 7) is 6.24. The molecule has 18 heavy (non-hydrogen) atoms. The van der Waals surface area contributed by atoms with Gasteiger partial charge in [-0.25, -0.2) is 0 Å². The number of rotatable bonds is 2. The molecule has 0 saturated carbocycles. The van der Waals surface area contributed by atoms with Crippen molar-refractivity contribution in [2.45, 2.75) is 19.4 Å². The number of likely N-dealkylation sites (N-methyl/N-ethyl adjacent to an activating group) is 1. The van der Waals surface area contributed by atoms with Crippen LogP contribution in [0.2, 0.25) is 0 Å². The van der Waals surface area contributed by atoms with Gasteiger partial charge < -0.3 is 14.9 Å². The highest BCUT2D eigenvalue weighted by Crippen LogP contribution is 2.28. The molecule has 0 bridgehead atoms. The van der Waals surface area contributed by atoms with E-state index >= 15 is 0 Å². The Balaban J connectivity index is 2.15. The summed E-state index contributed by atoms with van der Waals surface area (Å²) < 4.78 is 0.993. The molecule has 1 N–H and O–H groups in total. The minimum absolute atomic E-state index is 0.427. The van der Waals surface area contributed by atoms with Crippen LogP contribution >= 0.6 is 15.9 Å². The zero-order valence-electron chi connectivity index (χ0n) is 11.1. The van der Waals surface area contributed by atoms with Crippen LogP contribution in [0.4, 0.5) is 5.69 Å². The molecule has 2 rings (SSSR count). The Morgan fingerprint density at radius 2 is 2.00 bits per heavy atom. The quantitative estimate of drug-likeness (QED) is 0.909. The molecule has 1 aliphatic heterocycles. The van der Waals surface area contributed by atoms with E-state index in [2.05, 4.69) is 44.9 Å². The number of nitrogens with zero attached hydrogens (tertiary/aromatic N) is 2. The van der Waals surface area contributed by atoms with Gasteiger partial charge >= 0.3 is 0 Å². The Hall–Kier alpha value is -0.580. The lowest BCUT2D eigenvalue weighted by Crippen LogP contribution is -2.28. The third kappa shape index (κ3) is 3.25. The molecule has 100 valence electrons. The second kappa shape index (κ2) is 6.04. The van der Waals surface area contributed by atoms with Gasteiger partial charge in [0, 0.05) is 29.8 Å². The normalized spacial score (nSPS) is 19.7. The average molecular weight is 313 g/mol. The van der Waals surface area contributed by atoms with E-state index < -0.39 is 6.10 Å². The van der Waals surface area contributed by atoms with Crippen molar-refractivity contribution >= 4 is 21.6 Å². The van der Waals surface area contributed by atoms with E-state index in [-0.39, 0.29) is 0 Å². The van der Waals surface area contributed by atoms with Crippen LogP contribution in [0.15, 0.2) is 22.7 Å². The first-order valence-corrected chi connectivity index (χ1v) is 7.28. The Kier molecular flexibility index (Phi) is 4.65. The number of anilines is 1. The van der Waals surface area contributed by atoms with E-state index in [9.17, 15) is 5.11 Å². The van der Waals surface area contributed by atoms with Gasteiger partial charge in [0.2, 0.25) is 0 Å². The fourth-order valence-corrected chi connectivity index (χ4v) is 3.05. The van der Waals surface area contributed by atoms with E-state index in [1.165, 1.54) is 18.7 Å². The van der Waals surface area contributed by atoms with Gasteiger partial charge in [-0.1, -0.05) is 22.0 Å². The van der Waals surface area contributed by atoms with Crippen molar-refractivity contribution in [3.63, 3.8) is 0 Å². The van der Waals surface area contributed by atoms with Gasteiger partial charge in [-0.05, 0) is 44.6 Å². The molecule has 1 fully saturated rings. The topological polar surface area (TPSA) is 26.7 Å². The zero-order valence-corrected chi connectivity index (χ0v) is 12.7. The molecule has 1 heterocycles. The number of hydrogen-bond donors (Lipinski definition) is 1. The third-order valence-electron chi connectivity index (χ3n) is 3.52. The lowest BCUT2D eigenvalue weighted by atomic mass is 10.1. The van der Waals surface area contributed by atoms with E-state index in [1.807, 2.05) is 6.07 Å². The number of aliphatic hydroxyl groups excluding tert-OH is 1. The van der Waals surface area contributed by atoms with Gasteiger partial charge in [0.25, 0.3) is 0 Å². The van der Waals surface area contributed by atoms with Crippen molar-refractivity contribution in [2.24, 2.45) is 0 Å². The van der Waals surface area contributed by atoms with Crippen molar-refractivity contribution < 1.29 is 5.11 Å². The first-order valence-electron chi connectivity index (χ1n) is 6.49. The van der Waals surface area contributed by atoms with Crippen LogP contribution in [0.1, 0.15) is 25.0 Å². The van der Waals surface area contributed by atoms with E-state index in [0.717, 1.165) is 29.7 Å². The van der Waals surface area contributed by atoms with Crippen molar-refractivity contribution in [1.82, 2.24) is 4.90 Å². The number of benzene rings is 1. The summed E-state index contributed by atoms with van der Waals surface area (Å²) in [5.74, 6) is 0. The van der Waals surface area contributed by atoms with E-state index in [1.54, 1.807) is 6.92 Å². The molecule has 0 aliphatic carbocycles. The van der Waals surface area contributed by atoms with Crippen molar-refractivity contribution in [1.29, 1.82) is 0 Å². The minimum Gasteiger partial charge on any atom is -0.389 e. The molecule has 0 spiro atoms. The standard InChI is InChI=1S/C14H21BrN2O/c1-11(18)13-5-4-12(10-14(13)15)17-7-3-6-16(2)8-9-17/h4-5,10-11,18H,3,6-9H2,1-2H3/t11-/m1/s1. The van der Waals surface area contributed by atoms with E-state index in [4.69, 9.17) is 0 Å². The highest BCUT2D eigenvalue weighted by molar-refractivity contribution is 9.10. The van der Waals surface area contributed by atoms with Crippen molar-refractivity contribution in [2.75, 3.05) is 38.1 Å². The summed E-state index contributed by atoms with van der Waals surface area (Å²) in [6.07, 6.45) is 0.774. The maximum absolute atomic E-state index is 9.64. The van der Waals surface area contributed by atoms with Crippen LogP contribution in [-0.2, 0) is 0 Å². The number of halogens is 1. The highest BCUT2D eigenvalue weighted by Gasteiger charge is 2.14. The fraction of sp³-hybridized carbons (Fsp3) is 0.571. The molecule has 1 aromatic carbocycles. The third-order valence-corrected chi connectivity index (χ3v) is 4.21. The Morgan fingerprint density at radius 3 is 2.67 bits per heavy atom. The Labute approximate surface area is 118 Å². The minimum atomic E-state index is -0.427. The highest BCUT2D eigenvalue weighted by atomic mass is 79.9. The van der Waals surface area contributed by atoms with Gasteiger partial charge in [0.15, 0.2) is 0 Å². The van der Waals surface area contributed by atoms with Crippen LogP contribution in [0.25, 0.3) is 0 Å². The molecular weight excluding hydrogens is 292 g/mol. The maximum atomic E-state index is 9.64. The smallest absolute Gasteiger partial charge is 0.0772 e. The first kappa shape index (κ1) is 13.8. The zero-order chi connectivity index (χ0) is 13.1. The fourth-order valence-electron chi connectivity index (χ4n) is 2.36. The molecule has 1 aliphatic rings. The molecule has 1 atom stereocenters. The first-order chi connectivity index (χ1) is 8.58. The predicted molar refractivity (Wildman–Crippen MR) is 79.1 cm³/mol. The number of aliphatic hydroxyl groups is 1. The number of hydrogen-bond acceptors (Lipinski definition) is 3. The van der Waals surface area contributed by atoms with Crippen LogP contribution in [0.5, 0.6) is 0 Å². The van der Waals surface area contributed by atoms with Crippen LogP contribution in [0, 0.1) is 0 Å². The van der Waals surface area contributed by atoms with Gasteiger partial charge in [-0.15, -0.1) is 0 Å². The SMILES string of the molecule is C[C@@H](O)c1ccc(N2CCCN(C)CC2)cc1Br. The summed E-state index contributed by atoms with van der Waals surface area (Å²) in [4.78, 5) is 4.79. The predicted octanol–water partition coefficient (Wildman–Crippen LogP) is 2.64. The summed E-state index contributed by atoms with van der Waals surface area (Å²) in [7, 11) is 2.18. The molecule has 0 aromatic heterocycles. The second-order valence-corrected chi connectivity index (χ2v) is 5.88. The Bertz CT molecular complexity index is 409. The maximum Gasteiger partial charge on any atom is 0.0772 e. The molecule has 0 amide bonds. The van der Waals surface area contributed by atoms with Crippen LogP contribution in [-0.4, -0.2) is 43.2 Å². The monoisotopic (exact) mass is 312 g/mol. The lowest BCUT2D eigenvalue weighted by Gasteiger charge is -2.24. The van der Waals surface area contributed by atoms with Crippen molar-refractivity contribution in [3.05, 3.63) is 28.2 Å². The van der Waals surface area contributed by atoms with Crippen LogP contribution < -0.4 is 4.90 Å². The molecule has 3 nitrogen and oxygen atoms in total.